The van der Waals surface area contributed by atoms with Gasteiger partial charge in [0.1, 0.15) is 11.7 Å². The number of aliphatic hydroxyl groups excluding tert-OH is 1. The van der Waals surface area contributed by atoms with E-state index >= 15 is 0 Å². The second kappa shape index (κ2) is 9.85. The summed E-state index contributed by atoms with van der Waals surface area (Å²) in [6, 6.07) is 0. The summed E-state index contributed by atoms with van der Waals surface area (Å²) in [7, 11) is 0. The number of esters is 1. The van der Waals surface area contributed by atoms with Crippen molar-refractivity contribution < 1.29 is 38.8 Å². The lowest BCUT2D eigenvalue weighted by Gasteiger charge is -2.71. The fourth-order valence-corrected chi connectivity index (χ4v) is 7.26. The molecule has 0 aromatic heterocycles. The topological polar surface area (TPSA) is 144 Å². The summed E-state index contributed by atoms with van der Waals surface area (Å²) < 4.78 is 18.1. The molecule has 0 aromatic carbocycles. The van der Waals surface area contributed by atoms with Gasteiger partial charge in [-0.25, -0.2) is 9.79 Å². The quantitative estimate of drug-likeness (QED) is 0.153. The fourth-order valence-electron chi connectivity index (χ4n) is 7.17. The Kier molecular flexibility index (Phi) is 7.83. The van der Waals surface area contributed by atoms with E-state index in [1.54, 1.807) is 13.8 Å². The van der Waals surface area contributed by atoms with E-state index in [1.165, 1.54) is 19.9 Å². The van der Waals surface area contributed by atoms with Crippen LogP contribution in [0.2, 0.25) is 0 Å². The van der Waals surface area contributed by atoms with Crippen LogP contribution in [-0.2, 0) is 23.8 Å². The summed E-state index contributed by atoms with van der Waals surface area (Å²) >= 11 is 4.54. The number of ketones is 1. The lowest BCUT2D eigenvalue weighted by atomic mass is 9.39. The average molecular weight is 539 g/mol. The van der Waals surface area contributed by atoms with Crippen molar-refractivity contribution in [1.82, 2.24) is 5.32 Å². The number of fused-ring (bicyclic) bond motifs is 3. The van der Waals surface area contributed by atoms with Crippen molar-refractivity contribution in [2.24, 2.45) is 21.7 Å². The van der Waals surface area contributed by atoms with Gasteiger partial charge in [-0.15, -0.1) is 6.58 Å². The Morgan fingerprint density at radius 1 is 1.30 bits per heavy atom. The Balaban J connectivity index is 2.25. The summed E-state index contributed by atoms with van der Waals surface area (Å²) in [5, 5.41) is 28.8. The fraction of sp³-hybridized carbons (Fsp3) is 0.769. The zero-order chi connectivity index (χ0) is 28.0. The number of isothiocyanates is 1. The number of ether oxygens (including phenoxy) is 3. The van der Waals surface area contributed by atoms with E-state index in [0.29, 0.717) is 12.8 Å². The highest BCUT2D eigenvalue weighted by atomic mass is 32.1. The van der Waals surface area contributed by atoms with E-state index < -0.39 is 69.7 Å². The van der Waals surface area contributed by atoms with Crippen LogP contribution in [0.1, 0.15) is 60.8 Å². The molecule has 3 aliphatic rings. The largest absolute Gasteiger partial charge is 0.455 e. The van der Waals surface area contributed by atoms with E-state index in [9.17, 15) is 24.6 Å². The Labute approximate surface area is 222 Å². The van der Waals surface area contributed by atoms with Crippen LogP contribution in [0.15, 0.2) is 17.6 Å². The predicted molar refractivity (Wildman–Crippen MR) is 137 cm³/mol. The summed E-state index contributed by atoms with van der Waals surface area (Å²) in [5.74, 6) is -2.07. The molecule has 0 radical (unpaired) electrons. The van der Waals surface area contributed by atoms with Gasteiger partial charge < -0.3 is 29.7 Å². The van der Waals surface area contributed by atoms with Gasteiger partial charge in [-0.05, 0) is 44.3 Å². The summed E-state index contributed by atoms with van der Waals surface area (Å²) in [6.45, 7) is 13.9. The van der Waals surface area contributed by atoms with Crippen LogP contribution in [-0.4, -0.2) is 81.4 Å². The number of nitrogens with zero attached hydrogens (tertiary/aromatic N) is 1. The third-order valence-corrected chi connectivity index (χ3v) is 8.92. The molecule has 1 heterocycles. The molecular formula is C26H38N2O8S. The maximum Gasteiger partial charge on any atom is 0.407 e. The second-order valence-corrected chi connectivity index (χ2v) is 11.8. The molecule has 0 aromatic rings. The second-order valence-electron chi connectivity index (χ2n) is 11.6. The van der Waals surface area contributed by atoms with Gasteiger partial charge in [0, 0.05) is 31.2 Å². The van der Waals surface area contributed by atoms with Crippen molar-refractivity contribution in [2.45, 2.75) is 95.9 Å². The number of hydrogen-bond donors (Lipinski definition) is 3. The third-order valence-electron chi connectivity index (χ3n) is 8.80. The van der Waals surface area contributed by atoms with Crippen LogP contribution < -0.4 is 5.32 Å². The number of aliphatic imine (C=N–C) groups is 1. The number of aliphatic hydroxyl groups is 2. The molecule has 1 saturated heterocycles. The van der Waals surface area contributed by atoms with Gasteiger partial charge in [0.15, 0.2) is 17.5 Å². The van der Waals surface area contributed by atoms with Crippen molar-refractivity contribution in [1.29, 1.82) is 0 Å². The van der Waals surface area contributed by atoms with Crippen LogP contribution in [0.4, 0.5) is 4.79 Å². The SMILES string of the molecule is C=C[C@@]1(C)CC(=O)[C@]2(O)[C@@]3(C)[C@@H](O)CCC(C)(C)[C@@H]3[C@H](OC(=O)NCCN=C=S)[C@H](OC(C)=O)[C@@]2(C)O1. The number of thiocarbonyl (C=S) groups is 1. The van der Waals surface area contributed by atoms with Crippen LogP contribution >= 0.6 is 12.2 Å². The van der Waals surface area contributed by atoms with Gasteiger partial charge in [-0.3, -0.25) is 9.59 Å². The molecule has 1 amide bonds. The number of alkyl carbamates (subject to hydrolysis) is 1. The average Bonchev–Trinajstić information content (AvgIpc) is 2.79. The number of carbonyl (C=O) groups is 3. The van der Waals surface area contributed by atoms with Crippen LogP contribution in [0, 0.1) is 16.7 Å². The number of amides is 1. The third kappa shape index (κ3) is 4.44. The summed E-state index contributed by atoms with van der Waals surface area (Å²) in [5.41, 5.74) is -7.56. The molecular weight excluding hydrogens is 500 g/mol. The van der Waals surface area contributed by atoms with E-state index in [2.05, 4.69) is 34.3 Å². The molecule has 10 nitrogen and oxygen atoms in total. The van der Waals surface area contributed by atoms with Crippen molar-refractivity contribution in [2.75, 3.05) is 13.1 Å². The Hall–Kier alpha value is -2.17. The van der Waals surface area contributed by atoms with Crippen LogP contribution in [0.3, 0.4) is 0 Å². The summed E-state index contributed by atoms with van der Waals surface area (Å²) in [6.07, 6.45) is -2.45. The van der Waals surface area contributed by atoms with Crippen molar-refractivity contribution in [3.63, 3.8) is 0 Å². The lowest BCUT2D eigenvalue weighted by Crippen LogP contribution is -2.87. The van der Waals surface area contributed by atoms with Gasteiger partial charge in [-0.2, -0.15) is 0 Å². The van der Waals surface area contributed by atoms with E-state index in [1.807, 2.05) is 13.8 Å². The maximum absolute atomic E-state index is 13.9. The zero-order valence-electron chi connectivity index (χ0n) is 22.3. The maximum atomic E-state index is 13.9. The molecule has 206 valence electrons. The normalized spacial score (nSPS) is 42.3. The first-order chi connectivity index (χ1) is 17.0. The molecule has 3 fully saturated rings. The van der Waals surface area contributed by atoms with Crippen LogP contribution in [0.5, 0.6) is 0 Å². The Morgan fingerprint density at radius 2 is 1.95 bits per heavy atom. The minimum Gasteiger partial charge on any atom is -0.455 e. The van der Waals surface area contributed by atoms with Gasteiger partial charge >= 0.3 is 12.1 Å². The Morgan fingerprint density at radius 3 is 2.51 bits per heavy atom. The van der Waals surface area contributed by atoms with E-state index in [4.69, 9.17) is 14.2 Å². The molecule has 0 bridgehead atoms. The highest BCUT2D eigenvalue weighted by Gasteiger charge is 2.82. The molecule has 8 atom stereocenters. The smallest absolute Gasteiger partial charge is 0.407 e. The van der Waals surface area contributed by atoms with Crippen molar-refractivity contribution >= 4 is 35.2 Å². The molecule has 11 heteroatoms. The molecule has 3 rings (SSSR count). The number of hydrogen-bond acceptors (Lipinski definition) is 10. The van der Waals surface area contributed by atoms with Crippen LogP contribution in [0.25, 0.3) is 0 Å². The van der Waals surface area contributed by atoms with Gasteiger partial charge in [0.05, 0.1) is 23.4 Å². The number of rotatable bonds is 6. The minimum absolute atomic E-state index is 0.117. The van der Waals surface area contributed by atoms with Gasteiger partial charge in [-0.1, -0.05) is 26.8 Å². The molecule has 2 saturated carbocycles. The highest BCUT2D eigenvalue weighted by Crippen LogP contribution is 2.67. The lowest BCUT2D eigenvalue weighted by molar-refractivity contribution is -0.369. The minimum atomic E-state index is -2.28. The van der Waals surface area contributed by atoms with Crippen molar-refractivity contribution in [3.05, 3.63) is 12.7 Å². The molecule has 0 unspecified atom stereocenters. The first-order valence-corrected chi connectivity index (χ1v) is 12.9. The molecule has 0 spiro atoms. The molecule has 1 aliphatic heterocycles. The standard InChI is InChI=1S/C26H38N2O8S/c1-8-23(5)13-17(31)26(33)24(6)16(30)9-10-22(3,4)19(24)18(35-21(32)28-12-11-27-14-37)20(34-15(2)29)25(26,7)36-23/h8,16,18-20,30,33H,1,9-13H2,2-7H3,(H,28,32)/t16-,18-,19-,20-,23-,24-,25+,26-/m0/s1. The predicted octanol–water partition coefficient (Wildman–Crippen LogP) is 2.36. The van der Waals surface area contributed by atoms with Crippen molar-refractivity contribution in [3.8, 4) is 0 Å². The molecule has 2 aliphatic carbocycles. The van der Waals surface area contributed by atoms with Gasteiger partial charge in [0.25, 0.3) is 0 Å². The first kappa shape index (κ1) is 29.4. The number of Topliss-reactive ketones (excluding diaryl/α,β-unsaturated/α-hetero) is 1. The van der Waals surface area contributed by atoms with E-state index in [-0.39, 0.29) is 19.5 Å². The highest BCUT2D eigenvalue weighted by molar-refractivity contribution is 7.78. The number of nitrogens with one attached hydrogen (secondary N) is 1. The van der Waals surface area contributed by atoms with E-state index in [0.717, 1.165) is 0 Å². The first-order valence-electron chi connectivity index (χ1n) is 12.5. The summed E-state index contributed by atoms with van der Waals surface area (Å²) in [4.78, 5) is 43.0. The monoisotopic (exact) mass is 538 g/mol. The molecule has 37 heavy (non-hydrogen) atoms. The molecule has 3 N–H and O–H groups in total. The Bertz CT molecular complexity index is 1030. The number of carbonyl (C=O) groups excluding carboxylic acids is 3. The zero-order valence-corrected chi connectivity index (χ0v) is 23.1. The van der Waals surface area contributed by atoms with Gasteiger partial charge in [0.2, 0.25) is 0 Å².